The van der Waals surface area contributed by atoms with Gasteiger partial charge in [-0.05, 0) is 24.5 Å². The average Bonchev–Trinajstić information content (AvgIpc) is 3.11. The molecule has 0 saturated carbocycles. The summed E-state index contributed by atoms with van der Waals surface area (Å²) in [4.78, 5) is 8.63. The van der Waals surface area contributed by atoms with E-state index in [0.29, 0.717) is 17.5 Å². The maximum Gasteiger partial charge on any atom is 0.212 e. The van der Waals surface area contributed by atoms with Gasteiger partial charge in [0.05, 0.1) is 13.2 Å². The highest BCUT2D eigenvalue weighted by Crippen LogP contribution is 2.19. The molecule has 6 heteroatoms. The number of hydrogen-bond acceptors (Lipinski definition) is 5. The smallest absolute Gasteiger partial charge is 0.212 e. The number of ether oxygens (including phenoxy) is 1. The van der Waals surface area contributed by atoms with E-state index in [1.165, 1.54) is 5.56 Å². The standard InChI is InChI=1S/C17H19N5O/c1-23-15-10-8-13(11-19-15)16-20-17(22-21-16)14(18)9-7-12-5-3-2-4-6-12/h2-6,8,10-11,14H,7,9,18H2,1H3,(H,20,21,22)/t14-/m1/s1. The zero-order valence-electron chi connectivity index (χ0n) is 12.9. The van der Waals surface area contributed by atoms with Crippen LogP contribution in [0.2, 0.25) is 0 Å². The van der Waals surface area contributed by atoms with E-state index in [9.17, 15) is 0 Å². The highest BCUT2D eigenvalue weighted by atomic mass is 16.5. The first-order chi connectivity index (χ1) is 11.3. The molecule has 23 heavy (non-hydrogen) atoms. The van der Waals surface area contributed by atoms with E-state index in [4.69, 9.17) is 10.5 Å². The van der Waals surface area contributed by atoms with Crippen LogP contribution in [0.1, 0.15) is 23.9 Å². The van der Waals surface area contributed by atoms with Gasteiger partial charge < -0.3 is 10.5 Å². The van der Waals surface area contributed by atoms with Crippen LogP contribution in [-0.2, 0) is 6.42 Å². The SMILES string of the molecule is COc1ccc(-c2n[nH]c([C@H](N)CCc3ccccc3)n2)cn1. The van der Waals surface area contributed by atoms with Crippen LogP contribution >= 0.6 is 0 Å². The highest BCUT2D eigenvalue weighted by Gasteiger charge is 2.13. The van der Waals surface area contributed by atoms with E-state index in [1.807, 2.05) is 24.3 Å². The summed E-state index contributed by atoms with van der Waals surface area (Å²) in [6, 6.07) is 13.7. The first-order valence-electron chi connectivity index (χ1n) is 7.48. The van der Waals surface area contributed by atoms with Gasteiger partial charge in [0.15, 0.2) is 5.82 Å². The lowest BCUT2D eigenvalue weighted by molar-refractivity contribution is 0.398. The molecule has 3 N–H and O–H groups in total. The molecule has 6 nitrogen and oxygen atoms in total. The van der Waals surface area contributed by atoms with Gasteiger partial charge in [-0.1, -0.05) is 30.3 Å². The van der Waals surface area contributed by atoms with Crippen molar-refractivity contribution in [1.82, 2.24) is 20.2 Å². The molecule has 0 saturated heterocycles. The highest BCUT2D eigenvalue weighted by molar-refractivity contribution is 5.53. The maximum atomic E-state index is 6.21. The molecule has 0 radical (unpaired) electrons. The molecule has 0 amide bonds. The third kappa shape index (κ3) is 3.73. The predicted octanol–water partition coefficient (Wildman–Crippen LogP) is 2.51. The summed E-state index contributed by atoms with van der Waals surface area (Å²) < 4.78 is 5.04. The number of hydrogen-bond donors (Lipinski definition) is 2. The van der Waals surface area contributed by atoms with Gasteiger partial charge in [0.25, 0.3) is 0 Å². The molecule has 2 heterocycles. The number of nitrogens with two attached hydrogens (primary N) is 1. The number of nitrogens with zero attached hydrogens (tertiary/aromatic N) is 3. The summed E-state index contributed by atoms with van der Waals surface area (Å²) >= 11 is 0. The van der Waals surface area contributed by atoms with Gasteiger partial charge in [0.2, 0.25) is 5.88 Å². The molecule has 118 valence electrons. The van der Waals surface area contributed by atoms with E-state index in [2.05, 4.69) is 32.3 Å². The topological polar surface area (TPSA) is 89.7 Å². The quantitative estimate of drug-likeness (QED) is 0.730. The molecule has 3 aromatic rings. The second kappa shape index (κ2) is 7.02. The molecule has 3 rings (SSSR count). The van der Waals surface area contributed by atoms with Crippen molar-refractivity contribution in [1.29, 1.82) is 0 Å². The molecule has 0 bridgehead atoms. The molecule has 0 aliphatic carbocycles. The number of rotatable bonds is 6. The fourth-order valence-corrected chi connectivity index (χ4v) is 2.31. The van der Waals surface area contributed by atoms with Crippen molar-refractivity contribution in [3.05, 3.63) is 60.0 Å². The first kappa shape index (κ1) is 15.2. The van der Waals surface area contributed by atoms with Crippen LogP contribution < -0.4 is 10.5 Å². The van der Waals surface area contributed by atoms with Crippen LogP contribution in [0.4, 0.5) is 0 Å². The lowest BCUT2D eigenvalue weighted by Crippen LogP contribution is -2.13. The van der Waals surface area contributed by atoms with E-state index in [0.717, 1.165) is 18.4 Å². The minimum Gasteiger partial charge on any atom is -0.481 e. The average molecular weight is 309 g/mol. The molecule has 0 aliphatic rings. The normalized spacial score (nSPS) is 12.1. The Bertz CT molecular complexity index is 739. The van der Waals surface area contributed by atoms with Crippen molar-refractivity contribution < 1.29 is 4.74 Å². The molecule has 0 unspecified atom stereocenters. The van der Waals surface area contributed by atoms with Crippen LogP contribution in [0.15, 0.2) is 48.7 Å². The summed E-state index contributed by atoms with van der Waals surface area (Å²) in [5.74, 6) is 1.83. The van der Waals surface area contributed by atoms with Crippen molar-refractivity contribution >= 4 is 0 Å². The third-order valence-corrected chi connectivity index (χ3v) is 3.64. The largest absolute Gasteiger partial charge is 0.481 e. The lowest BCUT2D eigenvalue weighted by Gasteiger charge is -2.07. The minimum atomic E-state index is -0.178. The Morgan fingerprint density at radius 2 is 2.00 bits per heavy atom. The Labute approximate surface area is 134 Å². The molecule has 2 aromatic heterocycles. The minimum absolute atomic E-state index is 0.178. The third-order valence-electron chi connectivity index (χ3n) is 3.64. The molecule has 0 spiro atoms. The summed E-state index contributed by atoms with van der Waals surface area (Å²) in [7, 11) is 1.58. The van der Waals surface area contributed by atoms with Crippen LogP contribution in [0.3, 0.4) is 0 Å². The van der Waals surface area contributed by atoms with E-state index in [1.54, 1.807) is 19.4 Å². The predicted molar refractivity (Wildman–Crippen MR) is 87.9 cm³/mol. The van der Waals surface area contributed by atoms with Gasteiger partial charge in [-0.25, -0.2) is 9.97 Å². The Balaban J connectivity index is 1.65. The van der Waals surface area contributed by atoms with E-state index in [-0.39, 0.29) is 6.04 Å². The Kier molecular flexibility index (Phi) is 4.63. The number of aromatic nitrogens is 4. The zero-order valence-corrected chi connectivity index (χ0v) is 12.9. The second-order valence-electron chi connectivity index (χ2n) is 5.26. The molecular weight excluding hydrogens is 290 g/mol. The van der Waals surface area contributed by atoms with Crippen molar-refractivity contribution in [2.24, 2.45) is 5.73 Å². The summed E-state index contributed by atoms with van der Waals surface area (Å²) in [6.07, 6.45) is 3.39. The maximum absolute atomic E-state index is 6.21. The van der Waals surface area contributed by atoms with Gasteiger partial charge in [-0.15, -0.1) is 0 Å². The van der Waals surface area contributed by atoms with Crippen molar-refractivity contribution in [3.8, 4) is 17.3 Å². The lowest BCUT2D eigenvalue weighted by atomic mass is 10.1. The number of benzene rings is 1. The van der Waals surface area contributed by atoms with Crippen molar-refractivity contribution in [2.75, 3.05) is 7.11 Å². The molecule has 1 aromatic carbocycles. The van der Waals surface area contributed by atoms with Gasteiger partial charge in [-0.3, -0.25) is 5.10 Å². The number of aromatic amines is 1. The molecular formula is C17H19N5O. The van der Waals surface area contributed by atoms with Crippen LogP contribution in [0.25, 0.3) is 11.4 Å². The molecule has 0 fully saturated rings. The zero-order chi connectivity index (χ0) is 16.1. The van der Waals surface area contributed by atoms with Crippen LogP contribution in [0.5, 0.6) is 5.88 Å². The van der Waals surface area contributed by atoms with E-state index < -0.39 is 0 Å². The van der Waals surface area contributed by atoms with Crippen molar-refractivity contribution in [2.45, 2.75) is 18.9 Å². The second-order valence-corrected chi connectivity index (χ2v) is 5.26. The number of H-pyrrole nitrogens is 1. The Morgan fingerprint density at radius 3 is 2.70 bits per heavy atom. The Hall–Kier alpha value is -2.73. The molecule has 0 aliphatic heterocycles. The number of methoxy groups -OCH3 is 1. The number of aryl methyl sites for hydroxylation is 1. The van der Waals surface area contributed by atoms with Crippen LogP contribution in [-0.4, -0.2) is 27.3 Å². The van der Waals surface area contributed by atoms with E-state index >= 15 is 0 Å². The monoisotopic (exact) mass is 309 g/mol. The van der Waals surface area contributed by atoms with Gasteiger partial charge in [-0.2, -0.15) is 5.10 Å². The van der Waals surface area contributed by atoms with Gasteiger partial charge >= 0.3 is 0 Å². The first-order valence-corrected chi connectivity index (χ1v) is 7.48. The fraction of sp³-hybridized carbons (Fsp3) is 0.235. The fourth-order valence-electron chi connectivity index (χ4n) is 2.31. The summed E-state index contributed by atoms with van der Waals surface area (Å²) in [5.41, 5.74) is 8.30. The van der Waals surface area contributed by atoms with Crippen molar-refractivity contribution in [3.63, 3.8) is 0 Å². The molecule has 1 atom stereocenters. The summed E-state index contributed by atoms with van der Waals surface area (Å²) in [6.45, 7) is 0. The Morgan fingerprint density at radius 1 is 1.17 bits per heavy atom. The van der Waals surface area contributed by atoms with Gasteiger partial charge in [0.1, 0.15) is 5.82 Å². The number of pyridine rings is 1. The summed E-state index contributed by atoms with van der Waals surface area (Å²) in [5, 5.41) is 7.14. The number of nitrogens with one attached hydrogen (secondary N) is 1. The van der Waals surface area contributed by atoms with Gasteiger partial charge in [0, 0.05) is 17.8 Å². The van der Waals surface area contributed by atoms with Crippen LogP contribution in [0, 0.1) is 0 Å².